The molecule has 18 heavy (non-hydrogen) atoms. The number of hydrogen-bond donors (Lipinski definition) is 1. The molecule has 0 aliphatic heterocycles. The van der Waals surface area contributed by atoms with Crippen molar-refractivity contribution in [1.29, 1.82) is 0 Å². The second-order valence-electron chi connectivity index (χ2n) is 4.24. The van der Waals surface area contributed by atoms with E-state index in [4.69, 9.17) is 0 Å². The van der Waals surface area contributed by atoms with E-state index in [2.05, 4.69) is 48.8 Å². The number of aryl methyl sites for hydroxylation is 1. The SMILES string of the molecule is CCNC(c1ccc(C)s1)c1cc2sccc2s1. The molecule has 94 valence electrons. The summed E-state index contributed by atoms with van der Waals surface area (Å²) in [5, 5.41) is 5.77. The molecule has 0 spiro atoms. The second-order valence-corrected chi connectivity index (χ2v) is 7.62. The molecular weight excluding hydrogens is 278 g/mol. The molecule has 0 amide bonds. The van der Waals surface area contributed by atoms with Gasteiger partial charge < -0.3 is 5.32 Å². The molecule has 0 aliphatic rings. The van der Waals surface area contributed by atoms with Gasteiger partial charge in [0.05, 0.1) is 6.04 Å². The van der Waals surface area contributed by atoms with E-state index < -0.39 is 0 Å². The summed E-state index contributed by atoms with van der Waals surface area (Å²) in [6.45, 7) is 5.33. The van der Waals surface area contributed by atoms with E-state index in [1.165, 1.54) is 24.0 Å². The van der Waals surface area contributed by atoms with Gasteiger partial charge in [-0.05, 0) is 43.1 Å². The number of hydrogen-bond acceptors (Lipinski definition) is 4. The molecule has 0 bridgehead atoms. The fraction of sp³-hybridized carbons (Fsp3) is 0.286. The molecule has 0 saturated carbocycles. The second kappa shape index (κ2) is 5.13. The van der Waals surface area contributed by atoms with Crippen molar-refractivity contribution in [3.05, 3.63) is 44.3 Å². The molecule has 0 radical (unpaired) electrons. The third kappa shape index (κ3) is 2.26. The Bertz CT molecular complexity index is 618. The first-order valence-electron chi connectivity index (χ1n) is 6.04. The third-order valence-electron chi connectivity index (χ3n) is 2.90. The fourth-order valence-electron chi connectivity index (χ4n) is 2.08. The number of thiophene rings is 3. The molecule has 1 unspecified atom stereocenters. The maximum absolute atomic E-state index is 3.60. The summed E-state index contributed by atoms with van der Waals surface area (Å²) in [6.07, 6.45) is 0. The Morgan fingerprint density at radius 2 is 2.00 bits per heavy atom. The van der Waals surface area contributed by atoms with Crippen LogP contribution in [0, 0.1) is 6.92 Å². The lowest BCUT2D eigenvalue weighted by molar-refractivity contribution is 0.649. The smallest absolute Gasteiger partial charge is 0.0765 e. The van der Waals surface area contributed by atoms with Crippen LogP contribution in [-0.4, -0.2) is 6.54 Å². The first-order chi connectivity index (χ1) is 8.78. The number of fused-ring (bicyclic) bond motifs is 1. The lowest BCUT2D eigenvalue weighted by Gasteiger charge is -2.14. The van der Waals surface area contributed by atoms with Crippen LogP contribution < -0.4 is 5.32 Å². The molecular formula is C14H15NS3. The Balaban J connectivity index is 2.00. The van der Waals surface area contributed by atoms with Gasteiger partial charge >= 0.3 is 0 Å². The average molecular weight is 293 g/mol. The lowest BCUT2D eigenvalue weighted by atomic mass is 10.2. The van der Waals surface area contributed by atoms with Crippen molar-refractivity contribution in [2.75, 3.05) is 6.54 Å². The molecule has 3 rings (SSSR count). The highest BCUT2D eigenvalue weighted by Crippen LogP contribution is 2.37. The molecule has 3 aromatic heterocycles. The monoisotopic (exact) mass is 293 g/mol. The van der Waals surface area contributed by atoms with Gasteiger partial charge in [-0.25, -0.2) is 0 Å². The standard InChI is InChI=1S/C14H15NS3/c1-3-15-14(11-5-4-9(2)17-11)13-8-12-10(18-13)6-7-16-12/h4-8,14-15H,3H2,1-2H3. The maximum atomic E-state index is 3.60. The van der Waals surface area contributed by atoms with Gasteiger partial charge in [0.25, 0.3) is 0 Å². The highest BCUT2D eigenvalue weighted by molar-refractivity contribution is 7.27. The van der Waals surface area contributed by atoms with Crippen LogP contribution in [-0.2, 0) is 0 Å². The highest BCUT2D eigenvalue weighted by Gasteiger charge is 2.17. The summed E-state index contributed by atoms with van der Waals surface area (Å²) in [6, 6.07) is 9.38. The molecule has 1 N–H and O–H groups in total. The molecule has 3 heterocycles. The molecule has 0 fully saturated rings. The van der Waals surface area contributed by atoms with Crippen molar-refractivity contribution < 1.29 is 0 Å². The Morgan fingerprint density at radius 1 is 1.11 bits per heavy atom. The Kier molecular flexibility index (Phi) is 3.52. The fourth-order valence-corrected chi connectivity index (χ4v) is 5.34. The van der Waals surface area contributed by atoms with Gasteiger partial charge in [-0.2, -0.15) is 0 Å². The Hall–Kier alpha value is -0.680. The molecule has 0 saturated heterocycles. The predicted octanol–water partition coefficient (Wildman–Crippen LogP) is 5.03. The van der Waals surface area contributed by atoms with E-state index in [9.17, 15) is 0 Å². The van der Waals surface area contributed by atoms with Crippen LogP contribution in [0.2, 0.25) is 0 Å². The van der Waals surface area contributed by atoms with Crippen LogP contribution in [0.5, 0.6) is 0 Å². The van der Waals surface area contributed by atoms with Gasteiger partial charge in [0.15, 0.2) is 0 Å². The summed E-state index contributed by atoms with van der Waals surface area (Å²) in [5.74, 6) is 0. The van der Waals surface area contributed by atoms with Gasteiger partial charge in [0, 0.05) is 24.0 Å². The van der Waals surface area contributed by atoms with Crippen LogP contribution in [0.4, 0.5) is 0 Å². The highest BCUT2D eigenvalue weighted by atomic mass is 32.1. The zero-order valence-electron chi connectivity index (χ0n) is 10.4. The van der Waals surface area contributed by atoms with Gasteiger partial charge in [0.1, 0.15) is 0 Å². The van der Waals surface area contributed by atoms with Gasteiger partial charge in [-0.1, -0.05) is 6.92 Å². The average Bonchev–Trinajstić information content (AvgIpc) is 3.00. The van der Waals surface area contributed by atoms with E-state index in [0.29, 0.717) is 6.04 Å². The largest absolute Gasteiger partial charge is 0.305 e. The van der Waals surface area contributed by atoms with Crippen molar-refractivity contribution in [3.63, 3.8) is 0 Å². The van der Waals surface area contributed by atoms with Gasteiger partial charge in [-0.3, -0.25) is 0 Å². The molecule has 0 aromatic carbocycles. The summed E-state index contributed by atoms with van der Waals surface area (Å²) in [4.78, 5) is 4.23. The van der Waals surface area contributed by atoms with Crippen LogP contribution in [0.15, 0.2) is 29.6 Å². The van der Waals surface area contributed by atoms with Gasteiger partial charge in [-0.15, -0.1) is 34.0 Å². The van der Waals surface area contributed by atoms with Crippen molar-refractivity contribution in [1.82, 2.24) is 5.32 Å². The first kappa shape index (κ1) is 12.4. The summed E-state index contributed by atoms with van der Waals surface area (Å²) >= 11 is 5.63. The van der Waals surface area contributed by atoms with E-state index in [1.54, 1.807) is 0 Å². The third-order valence-corrected chi connectivity index (χ3v) is 6.12. The zero-order valence-corrected chi connectivity index (χ0v) is 12.8. The Labute approximate surface area is 119 Å². The minimum Gasteiger partial charge on any atom is -0.305 e. The van der Waals surface area contributed by atoms with Crippen molar-refractivity contribution in [3.8, 4) is 0 Å². The van der Waals surface area contributed by atoms with Gasteiger partial charge in [0.2, 0.25) is 0 Å². The number of nitrogens with one attached hydrogen (secondary N) is 1. The first-order valence-corrected chi connectivity index (χ1v) is 8.56. The Morgan fingerprint density at radius 3 is 2.67 bits per heavy atom. The van der Waals surface area contributed by atoms with E-state index in [0.717, 1.165) is 6.54 Å². The molecule has 4 heteroatoms. The molecule has 1 nitrogen and oxygen atoms in total. The minimum absolute atomic E-state index is 0.360. The minimum atomic E-state index is 0.360. The van der Waals surface area contributed by atoms with Crippen molar-refractivity contribution in [2.24, 2.45) is 0 Å². The topological polar surface area (TPSA) is 12.0 Å². The molecule has 3 aromatic rings. The maximum Gasteiger partial charge on any atom is 0.0765 e. The summed E-state index contributed by atoms with van der Waals surface area (Å²) in [5.41, 5.74) is 0. The number of rotatable bonds is 4. The summed E-state index contributed by atoms with van der Waals surface area (Å²) in [7, 11) is 0. The molecule has 0 aliphatic carbocycles. The normalized spacial score (nSPS) is 13.2. The lowest BCUT2D eigenvalue weighted by Crippen LogP contribution is -2.19. The van der Waals surface area contributed by atoms with Crippen molar-refractivity contribution in [2.45, 2.75) is 19.9 Å². The van der Waals surface area contributed by atoms with E-state index in [1.807, 2.05) is 34.0 Å². The van der Waals surface area contributed by atoms with Crippen LogP contribution in [0.1, 0.15) is 27.6 Å². The molecule has 1 atom stereocenters. The van der Waals surface area contributed by atoms with Crippen molar-refractivity contribution >= 4 is 43.4 Å². The van der Waals surface area contributed by atoms with Crippen LogP contribution in [0.3, 0.4) is 0 Å². The van der Waals surface area contributed by atoms with E-state index >= 15 is 0 Å². The van der Waals surface area contributed by atoms with Crippen LogP contribution in [0.25, 0.3) is 9.40 Å². The van der Waals surface area contributed by atoms with Crippen LogP contribution >= 0.6 is 34.0 Å². The van der Waals surface area contributed by atoms with E-state index in [-0.39, 0.29) is 0 Å². The summed E-state index contributed by atoms with van der Waals surface area (Å²) < 4.78 is 2.82. The quantitative estimate of drug-likeness (QED) is 0.711. The predicted molar refractivity (Wildman–Crippen MR) is 84.3 cm³/mol. The zero-order chi connectivity index (χ0) is 12.5.